The van der Waals surface area contributed by atoms with Crippen LogP contribution in [0.4, 0.5) is 8.78 Å². The lowest BCUT2D eigenvalue weighted by atomic mass is 10.1. The van der Waals surface area contributed by atoms with Crippen molar-refractivity contribution in [3.63, 3.8) is 0 Å². The molecule has 0 aromatic heterocycles. The summed E-state index contributed by atoms with van der Waals surface area (Å²) in [4.78, 5) is 11.5. The van der Waals surface area contributed by atoms with E-state index in [2.05, 4.69) is 4.74 Å². The molecule has 0 bridgehead atoms. The van der Waals surface area contributed by atoms with E-state index in [0.29, 0.717) is 11.1 Å². The number of benzene rings is 1. The zero-order valence-electron chi connectivity index (χ0n) is 8.67. The number of hydrogen-bond donors (Lipinski definition) is 0. The van der Waals surface area contributed by atoms with E-state index in [-0.39, 0.29) is 23.8 Å². The first-order valence-electron chi connectivity index (χ1n) is 4.68. The van der Waals surface area contributed by atoms with Gasteiger partial charge >= 0.3 is 6.61 Å². The van der Waals surface area contributed by atoms with Crippen LogP contribution in [0.5, 0.6) is 5.75 Å². The first-order valence-corrected chi connectivity index (χ1v) is 5.22. The smallest absolute Gasteiger partial charge is 0.387 e. The fraction of sp³-hybridized carbons (Fsp3) is 0.364. The van der Waals surface area contributed by atoms with Crippen LogP contribution in [-0.2, 0) is 0 Å². The number of aryl methyl sites for hydroxylation is 1. The van der Waals surface area contributed by atoms with Crippen LogP contribution in [0.2, 0.25) is 0 Å². The molecule has 88 valence electrons. The van der Waals surface area contributed by atoms with Crippen LogP contribution in [0.3, 0.4) is 0 Å². The van der Waals surface area contributed by atoms with Gasteiger partial charge in [0, 0.05) is 17.9 Å². The maximum atomic E-state index is 12.0. The highest BCUT2D eigenvalue weighted by atomic mass is 35.5. The monoisotopic (exact) mass is 248 g/mol. The van der Waals surface area contributed by atoms with Crippen molar-refractivity contribution in [3.8, 4) is 5.75 Å². The van der Waals surface area contributed by atoms with Crippen molar-refractivity contribution < 1.29 is 18.3 Å². The number of ether oxygens (including phenoxy) is 1. The number of ketones is 1. The molecule has 0 unspecified atom stereocenters. The Morgan fingerprint density at radius 3 is 2.69 bits per heavy atom. The molecule has 0 radical (unpaired) electrons. The van der Waals surface area contributed by atoms with E-state index in [1.54, 1.807) is 13.0 Å². The number of alkyl halides is 3. The van der Waals surface area contributed by atoms with E-state index in [4.69, 9.17) is 11.6 Å². The lowest BCUT2D eigenvalue weighted by Gasteiger charge is -2.07. The lowest BCUT2D eigenvalue weighted by Crippen LogP contribution is -2.05. The van der Waals surface area contributed by atoms with E-state index < -0.39 is 6.61 Å². The van der Waals surface area contributed by atoms with Crippen molar-refractivity contribution in [2.24, 2.45) is 0 Å². The van der Waals surface area contributed by atoms with E-state index in [1.165, 1.54) is 12.1 Å². The molecule has 0 amide bonds. The van der Waals surface area contributed by atoms with Gasteiger partial charge in [-0.25, -0.2) is 0 Å². The van der Waals surface area contributed by atoms with Gasteiger partial charge in [0.15, 0.2) is 5.78 Å². The molecule has 0 spiro atoms. The molecule has 0 N–H and O–H groups in total. The Morgan fingerprint density at radius 2 is 2.12 bits per heavy atom. The van der Waals surface area contributed by atoms with Crippen LogP contribution < -0.4 is 4.74 Å². The highest BCUT2D eigenvalue weighted by molar-refractivity contribution is 6.19. The predicted molar refractivity (Wildman–Crippen MR) is 57.5 cm³/mol. The minimum atomic E-state index is -2.89. The van der Waals surface area contributed by atoms with Crippen molar-refractivity contribution in [1.82, 2.24) is 0 Å². The quantitative estimate of drug-likeness (QED) is 0.590. The number of Topliss-reactive ketones (excluding diaryl/α,β-unsaturated/α-hetero) is 1. The number of rotatable bonds is 5. The molecule has 1 aromatic carbocycles. The fourth-order valence-electron chi connectivity index (χ4n) is 1.31. The van der Waals surface area contributed by atoms with Gasteiger partial charge in [-0.15, -0.1) is 11.6 Å². The van der Waals surface area contributed by atoms with Gasteiger partial charge in [0.1, 0.15) is 5.75 Å². The van der Waals surface area contributed by atoms with Gasteiger partial charge in [-0.3, -0.25) is 4.79 Å². The van der Waals surface area contributed by atoms with Crippen LogP contribution in [0.25, 0.3) is 0 Å². The molecule has 1 aromatic rings. The second-order valence-corrected chi connectivity index (χ2v) is 3.65. The molecule has 0 fully saturated rings. The van der Waals surface area contributed by atoms with Gasteiger partial charge in [-0.2, -0.15) is 8.78 Å². The Bertz CT molecular complexity index is 380. The second kappa shape index (κ2) is 5.80. The molecule has 0 heterocycles. The molecule has 5 heteroatoms. The van der Waals surface area contributed by atoms with Crippen molar-refractivity contribution in [2.45, 2.75) is 20.0 Å². The largest absolute Gasteiger partial charge is 0.435 e. The third-order valence-corrected chi connectivity index (χ3v) is 2.11. The van der Waals surface area contributed by atoms with Gasteiger partial charge in [0.2, 0.25) is 0 Å². The molecule has 0 aliphatic carbocycles. The molecule has 2 nitrogen and oxygen atoms in total. The average Bonchev–Trinajstić information content (AvgIpc) is 2.15. The summed E-state index contributed by atoms with van der Waals surface area (Å²) in [5, 5.41) is 0. The van der Waals surface area contributed by atoms with Gasteiger partial charge < -0.3 is 4.74 Å². The first kappa shape index (κ1) is 12.9. The maximum absolute atomic E-state index is 12.0. The van der Waals surface area contributed by atoms with E-state index in [0.717, 1.165) is 0 Å². The van der Waals surface area contributed by atoms with Crippen LogP contribution in [-0.4, -0.2) is 18.3 Å². The Morgan fingerprint density at radius 1 is 1.44 bits per heavy atom. The Balaban J connectivity index is 2.93. The molecular weight excluding hydrogens is 238 g/mol. The van der Waals surface area contributed by atoms with Gasteiger partial charge in [-0.1, -0.05) is 0 Å². The van der Waals surface area contributed by atoms with E-state index in [9.17, 15) is 13.6 Å². The number of hydrogen-bond acceptors (Lipinski definition) is 2. The van der Waals surface area contributed by atoms with Gasteiger partial charge in [0.05, 0.1) is 0 Å². The molecule has 0 atom stereocenters. The third-order valence-electron chi connectivity index (χ3n) is 1.92. The summed E-state index contributed by atoms with van der Waals surface area (Å²) in [6, 6.07) is 4.37. The summed E-state index contributed by atoms with van der Waals surface area (Å²) in [5.41, 5.74) is 1.03. The minimum absolute atomic E-state index is 0.00655. The zero-order chi connectivity index (χ0) is 12.1. The summed E-state index contributed by atoms with van der Waals surface area (Å²) >= 11 is 5.44. The maximum Gasteiger partial charge on any atom is 0.387 e. The zero-order valence-corrected chi connectivity index (χ0v) is 9.43. The highest BCUT2D eigenvalue weighted by Crippen LogP contribution is 2.20. The number of halogens is 3. The predicted octanol–water partition coefficient (Wildman–Crippen LogP) is 3.41. The summed E-state index contributed by atoms with van der Waals surface area (Å²) in [7, 11) is 0. The highest BCUT2D eigenvalue weighted by Gasteiger charge is 2.10. The van der Waals surface area contributed by atoms with Crippen molar-refractivity contribution in [3.05, 3.63) is 29.3 Å². The second-order valence-electron chi connectivity index (χ2n) is 3.28. The molecule has 1 rings (SSSR count). The summed E-state index contributed by atoms with van der Waals surface area (Å²) in [6.07, 6.45) is 0.180. The third kappa shape index (κ3) is 3.77. The molecule has 0 saturated carbocycles. The van der Waals surface area contributed by atoms with Crippen LogP contribution in [0, 0.1) is 6.92 Å². The summed E-state index contributed by atoms with van der Waals surface area (Å²) < 4.78 is 28.3. The Hall–Kier alpha value is -1.16. The van der Waals surface area contributed by atoms with Crippen LogP contribution in [0.15, 0.2) is 18.2 Å². The number of carbonyl (C=O) groups is 1. The molecule has 0 aliphatic heterocycles. The van der Waals surface area contributed by atoms with Crippen LogP contribution in [0.1, 0.15) is 22.3 Å². The Labute approximate surface area is 97.2 Å². The minimum Gasteiger partial charge on any atom is -0.435 e. The van der Waals surface area contributed by atoms with Crippen molar-refractivity contribution in [2.75, 3.05) is 5.88 Å². The molecule has 0 saturated heterocycles. The van der Waals surface area contributed by atoms with Crippen molar-refractivity contribution in [1.29, 1.82) is 0 Å². The fourth-order valence-corrected chi connectivity index (χ4v) is 1.48. The molecular formula is C11H11ClF2O2. The number of carbonyl (C=O) groups excluding carboxylic acids is 1. The molecule has 0 aliphatic rings. The topological polar surface area (TPSA) is 26.3 Å². The van der Waals surface area contributed by atoms with E-state index in [1.807, 2.05) is 0 Å². The van der Waals surface area contributed by atoms with E-state index >= 15 is 0 Å². The average molecular weight is 249 g/mol. The molecule has 16 heavy (non-hydrogen) atoms. The summed E-state index contributed by atoms with van der Waals surface area (Å²) in [6.45, 7) is -1.19. The normalized spacial score (nSPS) is 10.6. The first-order chi connectivity index (χ1) is 7.52. The standard InChI is InChI=1S/C11H11ClF2O2/c1-7-4-8(10(15)2-3-12)6-9(5-7)16-11(13)14/h4-6,11H,2-3H2,1H3. The van der Waals surface area contributed by atoms with Crippen molar-refractivity contribution >= 4 is 17.4 Å². The van der Waals surface area contributed by atoms with Crippen LogP contribution >= 0.6 is 11.6 Å². The van der Waals surface area contributed by atoms with Gasteiger partial charge in [0.25, 0.3) is 0 Å². The lowest BCUT2D eigenvalue weighted by molar-refractivity contribution is -0.0499. The Kier molecular flexibility index (Phi) is 4.68. The summed E-state index contributed by atoms with van der Waals surface area (Å²) in [5.74, 6) is 0.0170. The van der Waals surface area contributed by atoms with Gasteiger partial charge in [-0.05, 0) is 30.7 Å². The SMILES string of the molecule is Cc1cc(OC(F)F)cc(C(=O)CCCl)c1.